The van der Waals surface area contributed by atoms with Crippen molar-refractivity contribution >= 4 is 17.4 Å². The first kappa shape index (κ1) is 16.7. The molecule has 1 aliphatic rings. The number of aliphatic hydroxyl groups excluding tert-OH is 1. The highest BCUT2D eigenvalue weighted by molar-refractivity contribution is 5.89. The number of piperazine rings is 1. The average molecular weight is 307 g/mol. The zero-order valence-corrected chi connectivity index (χ0v) is 12.9. The van der Waals surface area contributed by atoms with E-state index in [-0.39, 0.29) is 12.5 Å². The second-order valence-corrected chi connectivity index (χ2v) is 5.39. The number of aromatic nitrogens is 1. The summed E-state index contributed by atoms with van der Waals surface area (Å²) in [5, 5.41) is 11.7. The van der Waals surface area contributed by atoms with Gasteiger partial charge in [-0.05, 0) is 25.1 Å². The topological polar surface area (TPSA) is 94.7 Å². The van der Waals surface area contributed by atoms with E-state index in [1.807, 2.05) is 12.1 Å². The summed E-state index contributed by atoms with van der Waals surface area (Å²) in [6.45, 7) is 5.19. The summed E-state index contributed by atoms with van der Waals surface area (Å²) in [5.41, 5.74) is 6.44. The van der Waals surface area contributed by atoms with E-state index in [1.165, 1.54) is 0 Å². The third-order valence-corrected chi connectivity index (χ3v) is 3.78. The monoisotopic (exact) mass is 307 g/mol. The fraction of sp³-hybridized carbons (Fsp3) is 0.600. The molecule has 1 aromatic rings. The molecule has 0 unspecified atom stereocenters. The quantitative estimate of drug-likeness (QED) is 0.650. The van der Waals surface area contributed by atoms with Crippen molar-refractivity contribution in [1.82, 2.24) is 9.88 Å². The van der Waals surface area contributed by atoms with Crippen molar-refractivity contribution in [1.29, 1.82) is 0 Å². The Kier molecular flexibility index (Phi) is 6.57. The predicted octanol–water partition coefficient (Wildman–Crippen LogP) is -0.127. The Hall–Kier alpha value is -1.70. The highest BCUT2D eigenvalue weighted by atomic mass is 16.3. The van der Waals surface area contributed by atoms with Gasteiger partial charge in [-0.25, -0.2) is 4.98 Å². The van der Waals surface area contributed by atoms with Crippen molar-refractivity contribution in [2.75, 3.05) is 56.1 Å². The maximum atomic E-state index is 11.6. The molecule has 0 aromatic carbocycles. The largest absolute Gasteiger partial charge is 0.395 e. The molecule has 22 heavy (non-hydrogen) atoms. The number of carbonyl (C=O) groups excluding carboxylic acids is 1. The van der Waals surface area contributed by atoms with Crippen LogP contribution in [0.25, 0.3) is 0 Å². The Morgan fingerprint density at radius 3 is 2.68 bits per heavy atom. The summed E-state index contributed by atoms with van der Waals surface area (Å²) >= 11 is 0. The zero-order valence-electron chi connectivity index (χ0n) is 12.9. The van der Waals surface area contributed by atoms with Gasteiger partial charge in [0.25, 0.3) is 0 Å². The lowest BCUT2D eigenvalue weighted by Gasteiger charge is -2.35. The lowest BCUT2D eigenvalue weighted by Crippen LogP contribution is -2.47. The van der Waals surface area contributed by atoms with Crippen LogP contribution in [-0.2, 0) is 4.79 Å². The molecule has 0 bridgehead atoms. The van der Waals surface area contributed by atoms with Crippen LogP contribution in [0.4, 0.5) is 11.5 Å². The van der Waals surface area contributed by atoms with Crippen LogP contribution >= 0.6 is 0 Å². The minimum atomic E-state index is -0.0525. The van der Waals surface area contributed by atoms with Crippen molar-refractivity contribution in [2.24, 2.45) is 5.73 Å². The van der Waals surface area contributed by atoms with E-state index in [9.17, 15) is 4.79 Å². The number of nitrogens with zero attached hydrogens (tertiary/aromatic N) is 3. The SMILES string of the molecule is NCCCC(=O)Nc1ccc(N2CCN(CCO)CC2)cn1. The molecule has 0 radical (unpaired) electrons. The minimum absolute atomic E-state index is 0.0525. The van der Waals surface area contributed by atoms with Gasteiger partial charge in [0.15, 0.2) is 0 Å². The van der Waals surface area contributed by atoms with E-state index in [0.29, 0.717) is 25.2 Å². The summed E-state index contributed by atoms with van der Waals surface area (Å²) in [7, 11) is 0. The predicted molar refractivity (Wildman–Crippen MR) is 86.9 cm³/mol. The third kappa shape index (κ3) is 4.94. The Morgan fingerprint density at radius 1 is 1.32 bits per heavy atom. The standard InChI is InChI=1S/C15H25N5O2/c16-5-1-2-15(22)18-14-4-3-13(12-17-14)20-8-6-19(7-9-20)10-11-21/h3-4,12,21H,1-2,5-11,16H2,(H,17,18,22). The van der Waals surface area contributed by atoms with Gasteiger partial charge in [0.1, 0.15) is 5.82 Å². The lowest BCUT2D eigenvalue weighted by molar-refractivity contribution is -0.116. The van der Waals surface area contributed by atoms with Gasteiger partial charge in [0.05, 0.1) is 18.5 Å². The van der Waals surface area contributed by atoms with Crippen molar-refractivity contribution in [3.05, 3.63) is 18.3 Å². The number of aliphatic hydroxyl groups is 1. The van der Waals surface area contributed by atoms with Crippen molar-refractivity contribution in [3.63, 3.8) is 0 Å². The molecule has 0 aliphatic carbocycles. The van der Waals surface area contributed by atoms with E-state index in [0.717, 1.165) is 38.4 Å². The first-order valence-electron chi connectivity index (χ1n) is 7.77. The van der Waals surface area contributed by atoms with Crippen LogP contribution in [0.1, 0.15) is 12.8 Å². The van der Waals surface area contributed by atoms with Gasteiger partial charge in [-0.3, -0.25) is 9.69 Å². The molecule has 1 aromatic heterocycles. The molecule has 1 aliphatic heterocycles. The summed E-state index contributed by atoms with van der Waals surface area (Å²) in [4.78, 5) is 20.4. The second-order valence-electron chi connectivity index (χ2n) is 5.39. The number of hydrogen-bond acceptors (Lipinski definition) is 6. The number of amides is 1. The summed E-state index contributed by atoms with van der Waals surface area (Å²) in [6, 6.07) is 3.81. The van der Waals surface area contributed by atoms with E-state index >= 15 is 0 Å². The van der Waals surface area contributed by atoms with Gasteiger partial charge < -0.3 is 21.1 Å². The Balaban J connectivity index is 1.83. The number of nitrogens with two attached hydrogens (primary N) is 1. The van der Waals surface area contributed by atoms with Gasteiger partial charge in [-0.15, -0.1) is 0 Å². The molecule has 4 N–H and O–H groups in total. The summed E-state index contributed by atoms with van der Waals surface area (Å²) in [6.07, 6.45) is 2.90. The fourth-order valence-corrected chi connectivity index (χ4v) is 2.49. The lowest BCUT2D eigenvalue weighted by atomic mass is 10.2. The van der Waals surface area contributed by atoms with Gasteiger partial charge in [0, 0.05) is 39.1 Å². The molecule has 7 heteroatoms. The number of anilines is 2. The molecule has 1 amide bonds. The highest BCUT2D eigenvalue weighted by Crippen LogP contribution is 2.17. The highest BCUT2D eigenvalue weighted by Gasteiger charge is 2.16. The number of nitrogens with one attached hydrogen (secondary N) is 1. The summed E-state index contributed by atoms with van der Waals surface area (Å²) in [5.74, 6) is 0.521. The first-order chi connectivity index (χ1) is 10.7. The number of β-amino-alcohol motifs (C(OH)–C–C–N with tert-alkyl or cyclic N) is 1. The van der Waals surface area contributed by atoms with Crippen LogP contribution in [0.2, 0.25) is 0 Å². The molecular formula is C15H25N5O2. The van der Waals surface area contributed by atoms with Gasteiger partial charge in [0.2, 0.25) is 5.91 Å². The third-order valence-electron chi connectivity index (χ3n) is 3.78. The molecule has 122 valence electrons. The van der Waals surface area contributed by atoms with Crippen LogP contribution in [0.3, 0.4) is 0 Å². The molecule has 1 saturated heterocycles. The van der Waals surface area contributed by atoms with Gasteiger partial charge >= 0.3 is 0 Å². The maximum absolute atomic E-state index is 11.6. The van der Waals surface area contributed by atoms with Crippen molar-refractivity contribution < 1.29 is 9.90 Å². The number of hydrogen-bond donors (Lipinski definition) is 3. The molecular weight excluding hydrogens is 282 g/mol. The van der Waals surface area contributed by atoms with Crippen molar-refractivity contribution in [2.45, 2.75) is 12.8 Å². The molecule has 0 spiro atoms. The molecule has 7 nitrogen and oxygen atoms in total. The molecule has 1 fully saturated rings. The normalized spacial score (nSPS) is 15.8. The van der Waals surface area contributed by atoms with E-state index < -0.39 is 0 Å². The van der Waals surface area contributed by atoms with Gasteiger partial charge in [-0.2, -0.15) is 0 Å². The minimum Gasteiger partial charge on any atom is -0.395 e. The molecule has 2 rings (SSSR count). The second kappa shape index (κ2) is 8.67. The number of carbonyl (C=O) groups is 1. The van der Waals surface area contributed by atoms with Crippen LogP contribution in [0.5, 0.6) is 0 Å². The smallest absolute Gasteiger partial charge is 0.225 e. The Bertz CT molecular complexity index is 458. The van der Waals surface area contributed by atoms with Crippen LogP contribution < -0.4 is 16.0 Å². The summed E-state index contributed by atoms with van der Waals surface area (Å²) < 4.78 is 0. The molecule has 0 atom stereocenters. The van der Waals surface area contributed by atoms with E-state index in [2.05, 4.69) is 20.1 Å². The van der Waals surface area contributed by atoms with Crippen LogP contribution in [-0.4, -0.2) is 66.8 Å². The molecule has 0 saturated carbocycles. The maximum Gasteiger partial charge on any atom is 0.225 e. The van der Waals surface area contributed by atoms with Crippen LogP contribution in [0, 0.1) is 0 Å². The Morgan fingerprint density at radius 2 is 2.09 bits per heavy atom. The van der Waals surface area contributed by atoms with Gasteiger partial charge in [-0.1, -0.05) is 0 Å². The Labute approximate surface area is 131 Å². The zero-order chi connectivity index (χ0) is 15.8. The molecule has 2 heterocycles. The fourth-order valence-electron chi connectivity index (χ4n) is 2.49. The number of pyridine rings is 1. The van der Waals surface area contributed by atoms with E-state index in [4.69, 9.17) is 10.8 Å². The number of rotatable bonds is 7. The first-order valence-corrected chi connectivity index (χ1v) is 7.77. The van der Waals surface area contributed by atoms with E-state index in [1.54, 1.807) is 6.20 Å². The average Bonchev–Trinajstić information content (AvgIpc) is 2.55. The van der Waals surface area contributed by atoms with Crippen molar-refractivity contribution in [3.8, 4) is 0 Å². The van der Waals surface area contributed by atoms with Crippen LogP contribution in [0.15, 0.2) is 18.3 Å².